The topological polar surface area (TPSA) is 0 Å². The van der Waals surface area contributed by atoms with Gasteiger partial charge in [-0.05, 0) is 0 Å². The number of halogens is 6. The molecule has 12 heteroatoms. The third-order valence-corrected chi connectivity index (χ3v) is 0. The molecule has 12 heavy (non-hydrogen) atoms. The third kappa shape index (κ3) is 161. The van der Waals surface area contributed by atoms with Crippen LogP contribution < -0.4 is 0 Å². The SMILES string of the molecule is F.F.F.F.F.F.[W].[W].[W].[W].[W].[W]. The van der Waals surface area contributed by atoms with Crippen LogP contribution in [-0.4, -0.2) is 0 Å². The molecule has 0 amide bonds. The second kappa shape index (κ2) is 201. The Morgan fingerprint density at radius 3 is 0.167 bits per heavy atom. The molecule has 0 heterocycles. The summed E-state index contributed by atoms with van der Waals surface area (Å²) in [6.45, 7) is 0. The molecule has 0 N–H and O–H groups in total. The Bertz CT molecular complexity index is 12.0. The second-order valence-electron chi connectivity index (χ2n) is 0. The summed E-state index contributed by atoms with van der Waals surface area (Å²) < 4.78 is 0. The van der Waals surface area contributed by atoms with Gasteiger partial charge in [0, 0.05) is 126 Å². The van der Waals surface area contributed by atoms with Crippen LogP contribution in [0.2, 0.25) is 0 Å². The largest absolute Gasteiger partial charge is 0.269 e. The van der Waals surface area contributed by atoms with Crippen LogP contribution in [0, 0.1) is 0 Å². The van der Waals surface area contributed by atoms with Crippen molar-refractivity contribution in [3.05, 3.63) is 0 Å². The normalized spacial score (nSPS) is 0. The Morgan fingerprint density at radius 1 is 0.167 bits per heavy atom. The first-order valence-corrected chi connectivity index (χ1v) is 0. The van der Waals surface area contributed by atoms with Gasteiger partial charge in [0.05, 0.1) is 0 Å². The molecule has 0 aliphatic heterocycles. The smallest absolute Gasteiger partial charge is 0 e. The van der Waals surface area contributed by atoms with E-state index in [4.69, 9.17) is 0 Å². The van der Waals surface area contributed by atoms with E-state index in [1.165, 1.54) is 0 Å². The maximum absolute atomic E-state index is 0. The average molecular weight is 1220 g/mol. The van der Waals surface area contributed by atoms with Gasteiger partial charge in [-0.25, -0.2) is 0 Å². The van der Waals surface area contributed by atoms with Crippen LogP contribution in [0.5, 0.6) is 0 Å². The van der Waals surface area contributed by atoms with Crippen LogP contribution in [0.3, 0.4) is 0 Å². The van der Waals surface area contributed by atoms with Crippen LogP contribution in [0.4, 0.5) is 28.2 Å². The van der Waals surface area contributed by atoms with Gasteiger partial charge in [-0.2, -0.15) is 0 Å². The summed E-state index contributed by atoms with van der Waals surface area (Å²) in [7, 11) is 0. The molecular weight excluding hydrogens is 1220 g/mol. The summed E-state index contributed by atoms with van der Waals surface area (Å²) in [5.41, 5.74) is 0. The van der Waals surface area contributed by atoms with Crippen molar-refractivity contribution >= 4 is 0 Å². The van der Waals surface area contributed by atoms with Crippen molar-refractivity contribution in [3.63, 3.8) is 0 Å². The van der Waals surface area contributed by atoms with E-state index in [0.29, 0.717) is 0 Å². The Balaban J connectivity index is 0. The summed E-state index contributed by atoms with van der Waals surface area (Å²) in [4.78, 5) is 0. The minimum Gasteiger partial charge on any atom is -0.269 e. The van der Waals surface area contributed by atoms with E-state index in [1.54, 1.807) is 0 Å². The van der Waals surface area contributed by atoms with Crippen LogP contribution in [0.15, 0.2) is 0 Å². The van der Waals surface area contributed by atoms with E-state index >= 15 is 0 Å². The van der Waals surface area contributed by atoms with Crippen molar-refractivity contribution in [3.8, 4) is 0 Å². The monoisotopic (exact) mass is 1220 g/mol. The predicted octanol–water partition coefficient (Wildman–Crippen LogP) is 0.900. The third-order valence-electron chi connectivity index (χ3n) is 0. The van der Waals surface area contributed by atoms with Crippen LogP contribution >= 0.6 is 0 Å². The summed E-state index contributed by atoms with van der Waals surface area (Å²) in [6, 6.07) is 0. The fourth-order valence-electron chi connectivity index (χ4n) is 0. The Hall–Kier alpha value is 3.71. The Kier molecular flexibility index (Phi) is 4130. The van der Waals surface area contributed by atoms with Crippen molar-refractivity contribution in [1.82, 2.24) is 0 Å². The first-order valence-electron chi connectivity index (χ1n) is 0. The zero-order valence-electron chi connectivity index (χ0n) is 4.90. The van der Waals surface area contributed by atoms with Gasteiger partial charge in [-0.3, -0.25) is 28.2 Å². The van der Waals surface area contributed by atoms with E-state index in [1.807, 2.05) is 0 Å². The van der Waals surface area contributed by atoms with Crippen LogP contribution in [0.1, 0.15) is 0 Å². The Labute approximate surface area is 152 Å². The van der Waals surface area contributed by atoms with Gasteiger partial charge in [0.2, 0.25) is 0 Å². The minimum absolute atomic E-state index is 0. The molecule has 0 rings (SSSR count). The van der Waals surface area contributed by atoms with Gasteiger partial charge in [0.1, 0.15) is 0 Å². The molecule has 0 saturated heterocycles. The maximum Gasteiger partial charge on any atom is 0 e. The minimum atomic E-state index is 0. The quantitative estimate of drug-likeness (QED) is 0.317. The number of hydrogen-bond donors (Lipinski definition) is 0. The molecule has 0 aromatic carbocycles. The van der Waals surface area contributed by atoms with Crippen molar-refractivity contribution in [2.24, 2.45) is 0 Å². The maximum atomic E-state index is 0. The van der Waals surface area contributed by atoms with Gasteiger partial charge in [0.15, 0.2) is 0 Å². The zero-order chi connectivity index (χ0) is 0. The van der Waals surface area contributed by atoms with Crippen LogP contribution in [0.25, 0.3) is 0 Å². The zero-order valence-corrected chi connectivity index (χ0v) is 22.5. The summed E-state index contributed by atoms with van der Waals surface area (Å²) in [5, 5.41) is 0. The van der Waals surface area contributed by atoms with Gasteiger partial charge >= 0.3 is 0 Å². The van der Waals surface area contributed by atoms with Gasteiger partial charge in [-0.15, -0.1) is 0 Å². The molecule has 0 aromatic heterocycles. The van der Waals surface area contributed by atoms with Gasteiger partial charge < -0.3 is 0 Å². The Morgan fingerprint density at radius 2 is 0.167 bits per heavy atom. The molecule has 0 aliphatic rings. The molecule has 0 atom stereocenters. The molecule has 0 bridgehead atoms. The summed E-state index contributed by atoms with van der Waals surface area (Å²) in [6.07, 6.45) is 0. The fourth-order valence-corrected chi connectivity index (χ4v) is 0. The van der Waals surface area contributed by atoms with E-state index in [9.17, 15) is 0 Å². The van der Waals surface area contributed by atoms with E-state index in [-0.39, 0.29) is 155 Å². The van der Waals surface area contributed by atoms with E-state index in [2.05, 4.69) is 0 Å². The predicted molar refractivity (Wildman–Crippen MR) is 15.0 cm³/mol. The summed E-state index contributed by atoms with van der Waals surface area (Å²) >= 11 is 0. The molecule has 0 spiro atoms. The molecule has 0 unspecified atom stereocenters. The first-order chi connectivity index (χ1) is 0. The average Bonchev–Trinajstić information content (AvgIpc) is 0. The van der Waals surface area contributed by atoms with E-state index in [0.717, 1.165) is 0 Å². The number of rotatable bonds is 0. The molecule has 0 aliphatic carbocycles. The summed E-state index contributed by atoms with van der Waals surface area (Å²) in [5.74, 6) is 0. The van der Waals surface area contributed by atoms with Crippen molar-refractivity contribution < 1.29 is 155 Å². The second-order valence-corrected chi connectivity index (χ2v) is 0. The van der Waals surface area contributed by atoms with E-state index < -0.39 is 0 Å². The molecule has 0 fully saturated rings. The molecule has 0 nitrogen and oxygen atoms in total. The van der Waals surface area contributed by atoms with Crippen molar-refractivity contribution in [1.29, 1.82) is 0 Å². The molecule has 0 radical (unpaired) electrons. The molecule has 0 saturated carbocycles. The van der Waals surface area contributed by atoms with Gasteiger partial charge in [0.25, 0.3) is 0 Å². The fraction of sp³-hybridized carbons (Fsp3) is 0. The molecule has 0 aromatic rings. The van der Waals surface area contributed by atoms with Crippen molar-refractivity contribution in [2.45, 2.75) is 0 Å². The molecular formula is H6F6W6. The first kappa shape index (κ1) is 247. The molecule has 84 valence electrons. The number of hydrogen-bond acceptors (Lipinski definition) is 0. The van der Waals surface area contributed by atoms with Crippen molar-refractivity contribution in [2.75, 3.05) is 0 Å². The van der Waals surface area contributed by atoms with Crippen LogP contribution in [-0.2, 0) is 126 Å². The van der Waals surface area contributed by atoms with Gasteiger partial charge in [-0.1, -0.05) is 0 Å². The standard InChI is InChI=1S/6FH.6W/h6*1H;;;;;;.